The number of carbonyl (C=O) groups is 2. The number of halogens is 3. The Morgan fingerprint density at radius 2 is 1.85 bits per heavy atom. The molecule has 26 heavy (non-hydrogen) atoms. The lowest BCUT2D eigenvalue weighted by molar-refractivity contribution is 0.0449. The number of benzene rings is 2. The number of rotatable bonds is 7. The van der Waals surface area contributed by atoms with Gasteiger partial charge in [0.05, 0.1) is 18.3 Å². The van der Waals surface area contributed by atoms with Crippen molar-refractivity contribution in [2.24, 2.45) is 0 Å². The summed E-state index contributed by atoms with van der Waals surface area (Å²) in [5.41, 5.74) is 1.48. The van der Waals surface area contributed by atoms with Crippen molar-refractivity contribution in [1.29, 1.82) is 0 Å². The predicted molar refractivity (Wildman–Crippen MR) is 124 cm³/mol. The summed E-state index contributed by atoms with van der Waals surface area (Å²) in [5.74, 6) is -0.974. The zero-order valence-electron chi connectivity index (χ0n) is 13.3. The molecular formula is C18H13I3O5. The standard InChI is InChI=1S/C18H13I3O5/c1-2-10-4-3-5-11(8-10)18(24)26-7-6-25-16-13(20)9-12(19)14(15(16)21)17(22)23/h2-5,8-9H,1,6-7H2,(H,22,23). The summed E-state index contributed by atoms with van der Waals surface area (Å²) in [4.78, 5) is 23.4. The Bertz CT molecular complexity index is 864. The highest BCUT2D eigenvalue weighted by molar-refractivity contribution is 14.1. The molecule has 0 aliphatic carbocycles. The molecule has 0 heterocycles. The topological polar surface area (TPSA) is 72.8 Å². The van der Waals surface area contributed by atoms with E-state index in [9.17, 15) is 14.7 Å². The van der Waals surface area contributed by atoms with Crippen LogP contribution in [0.4, 0.5) is 0 Å². The van der Waals surface area contributed by atoms with Crippen LogP contribution in [0.2, 0.25) is 0 Å². The summed E-state index contributed by atoms with van der Waals surface area (Å²) < 4.78 is 12.8. The van der Waals surface area contributed by atoms with Crippen LogP contribution in [0, 0.1) is 10.7 Å². The van der Waals surface area contributed by atoms with Crippen LogP contribution in [0.15, 0.2) is 36.9 Å². The fourth-order valence-electron chi connectivity index (χ4n) is 2.05. The number of esters is 1. The van der Waals surface area contributed by atoms with Gasteiger partial charge in [0.25, 0.3) is 0 Å². The van der Waals surface area contributed by atoms with Gasteiger partial charge in [-0.05, 0) is 91.5 Å². The second kappa shape index (κ2) is 9.88. The van der Waals surface area contributed by atoms with E-state index in [0.717, 1.165) is 9.13 Å². The first-order valence-corrected chi connectivity index (χ1v) is 10.5. The summed E-state index contributed by atoms with van der Waals surface area (Å²) in [5, 5.41) is 9.33. The van der Waals surface area contributed by atoms with Gasteiger partial charge in [-0.1, -0.05) is 24.8 Å². The molecule has 0 aromatic heterocycles. The highest BCUT2D eigenvalue weighted by Gasteiger charge is 2.20. The number of aromatic carboxylic acids is 1. The Labute approximate surface area is 191 Å². The molecule has 0 fully saturated rings. The number of carboxylic acid groups (broad SMARTS) is 1. The van der Waals surface area contributed by atoms with Gasteiger partial charge in [0, 0.05) is 3.57 Å². The summed E-state index contributed by atoms with van der Waals surface area (Å²) >= 11 is 6.03. The summed E-state index contributed by atoms with van der Waals surface area (Å²) in [6.07, 6.45) is 1.65. The average molecular weight is 690 g/mol. The largest absolute Gasteiger partial charge is 0.488 e. The zero-order chi connectivity index (χ0) is 19.3. The molecule has 0 bridgehead atoms. The van der Waals surface area contributed by atoms with Crippen LogP contribution >= 0.6 is 67.8 Å². The molecule has 0 aliphatic heterocycles. The Morgan fingerprint density at radius 1 is 1.12 bits per heavy atom. The molecule has 0 atom stereocenters. The highest BCUT2D eigenvalue weighted by atomic mass is 127. The third-order valence-corrected chi connectivity index (χ3v) is 5.94. The molecule has 0 amide bonds. The van der Waals surface area contributed by atoms with Gasteiger partial charge >= 0.3 is 11.9 Å². The molecule has 2 aromatic rings. The minimum atomic E-state index is -1.01. The fourth-order valence-corrected chi connectivity index (χ4v) is 6.20. The molecule has 136 valence electrons. The summed E-state index contributed by atoms with van der Waals surface area (Å²) in [7, 11) is 0. The smallest absolute Gasteiger partial charge is 0.338 e. The molecule has 0 saturated heterocycles. The lowest BCUT2D eigenvalue weighted by atomic mass is 10.1. The van der Waals surface area contributed by atoms with E-state index in [1.54, 1.807) is 30.3 Å². The molecular weight excluding hydrogens is 677 g/mol. The van der Waals surface area contributed by atoms with Gasteiger partial charge < -0.3 is 14.6 Å². The van der Waals surface area contributed by atoms with E-state index < -0.39 is 11.9 Å². The molecule has 8 heteroatoms. The Kier molecular flexibility index (Phi) is 8.13. The lowest BCUT2D eigenvalue weighted by Crippen LogP contribution is -2.14. The van der Waals surface area contributed by atoms with Crippen molar-refractivity contribution in [3.8, 4) is 5.75 Å². The van der Waals surface area contributed by atoms with E-state index in [4.69, 9.17) is 9.47 Å². The van der Waals surface area contributed by atoms with Crippen LogP contribution in [0.25, 0.3) is 6.08 Å². The van der Waals surface area contributed by atoms with Crippen LogP contribution in [-0.4, -0.2) is 30.3 Å². The van der Waals surface area contributed by atoms with E-state index in [2.05, 4.69) is 29.2 Å². The van der Waals surface area contributed by atoms with Gasteiger partial charge in [-0.25, -0.2) is 9.59 Å². The minimum absolute atomic E-state index is 0.0533. The molecule has 5 nitrogen and oxygen atoms in total. The first kappa shape index (κ1) is 21.4. The highest BCUT2D eigenvalue weighted by Crippen LogP contribution is 2.33. The third kappa shape index (κ3) is 5.31. The van der Waals surface area contributed by atoms with Crippen molar-refractivity contribution in [2.45, 2.75) is 0 Å². The van der Waals surface area contributed by atoms with E-state index >= 15 is 0 Å². The predicted octanol–water partition coefficient (Wildman–Crippen LogP) is 5.08. The van der Waals surface area contributed by atoms with E-state index in [1.807, 2.05) is 51.2 Å². The normalized spacial score (nSPS) is 10.3. The zero-order valence-corrected chi connectivity index (χ0v) is 19.8. The second-order valence-electron chi connectivity index (χ2n) is 4.98. The van der Waals surface area contributed by atoms with Gasteiger partial charge in [0.15, 0.2) is 0 Å². The summed E-state index contributed by atoms with van der Waals surface area (Å²) in [6, 6.07) is 8.71. The van der Waals surface area contributed by atoms with Gasteiger partial charge in [-0.15, -0.1) is 0 Å². The van der Waals surface area contributed by atoms with Crippen molar-refractivity contribution >= 4 is 85.8 Å². The maximum Gasteiger partial charge on any atom is 0.338 e. The second-order valence-corrected chi connectivity index (χ2v) is 8.38. The van der Waals surface area contributed by atoms with E-state index in [-0.39, 0.29) is 18.8 Å². The molecule has 2 rings (SSSR count). The molecule has 0 radical (unpaired) electrons. The van der Waals surface area contributed by atoms with Crippen LogP contribution in [-0.2, 0) is 4.74 Å². The number of hydrogen-bond donors (Lipinski definition) is 1. The van der Waals surface area contributed by atoms with Crippen molar-refractivity contribution in [2.75, 3.05) is 13.2 Å². The minimum Gasteiger partial charge on any atom is -0.488 e. The van der Waals surface area contributed by atoms with E-state index in [1.165, 1.54) is 0 Å². The third-order valence-electron chi connectivity index (χ3n) is 3.26. The van der Waals surface area contributed by atoms with Crippen molar-refractivity contribution < 1.29 is 24.2 Å². The molecule has 0 aliphatic rings. The van der Waals surface area contributed by atoms with Crippen LogP contribution in [0.1, 0.15) is 26.3 Å². The molecule has 0 unspecified atom stereocenters. The van der Waals surface area contributed by atoms with E-state index in [0.29, 0.717) is 18.5 Å². The molecule has 1 N–H and O–H groups in total. The van der Waals surface area contributed by atoms with Gasteiger partial charge in [-0.3, -0.25) is 0 Å². The number of hydrogen-bond acceptors (Lipinski definition) is 4. The lowest BCUT2D eigenvalue weighted by Gasteiger charge is -2.13. The Balaban J connectivity index is 2.00. The molecule has 0 spiro atoms. The Hall–Kier alpha value is -0.890. The molecule has 0 saturated carbocycles. The van der Waals surface area contributed by atoms with Crippen LogP contribution in [0.3, 0.4) is 0 Å². The first-order chi connectivity index (χ1) is 12.3. The van der Waals surface area contributed by atoms with Crippen molar-refractivity contribution in [1.82, 2.24) is 0 Å². The number of ether oxygens (including phenoxy) is 2. The quantitative estimate of drug-likeness (QED) is 0.250. The van der Waals surface area contributed by atoms with Crippen LogP contribution in [0.5, 0.6) is 5.75 Å². The monoisotopic (exact) mass is 690 g/mol. The Morgan fingerprint density at radius 3 is 2.50 bits per heavy atom. The van der Waals surface area contributed by atoms with Crippen LogP contribution < -0.4 is 4.74 Å². The maximum absolute atomic E-state index is 12.1. The van der Waals surface area contributed by atoms with Gasteiger partial charge in [0.2, 0.25) is 0 Å². The number of carbonyl (C=O) groups excluding carboxylic acids is 1. The van der Waals surface area contributed by atoms with Crippen molar-refractivity contribution in [3.05, 3.63) is 64.3 Å². The fraction of sp³-hybridized carbons (Fsp3) is 0.111. The first-order valence-electron chi connectivity index (χ1n) is 7.28. The number of carboxylic acids is 1. The van der Waals surface area contributed by atoms with Crippen molar-refractivity contribution in [3.63, 3.8) is 0 Å². The average Bonchev–Trinajstić information content (AvgIpc) is 2.60. The summed E-state index contributed by atoms with van der Waals surface area (Å²) in [6.45, 7) is 3.84. The van der Waals surface area contributed by atoms with Gasteiger partial charge in [0.1, 0.15) is 19.0 Å². The van der Waals surface area contributed by atoms with Gasteiger partial charge in [-0.2, -0.15) is 0 Å². The SMILES string of the molecule is C=Cc1cccc(C(=O)OCCOc2c(I)cc(I)c(C(=O)O)c2I)c1. The maximum atomic E-state index is 12.1. The molecule has 2 aromatic carbocycles.